The number of rotatable bonds is 2. The molecule has 0 fully saturated rings. The van der Waals surface area contributed by atoms with Crippen molar-refractivity contribution in [2.75, 3.05) is 0 Å². The minimum absolute atomic E-state index is 0.379. The van der Waals surface area contributed by atoms with E-state index in [1.165, 1.54) is 10.7 Å². The van der Waals surface area contributed by atoms with Crippen LogP contribution >= 0.6 is 0 Å². The molecule has 1 aromatic carbocycles. The molecule has 0 aliphatic heterocycles. The maximum atomic E-state index is 13.6. The van der Waals surface area contributed by atoms with Crippen molar-refractivity contribution in [1.82, 2.24) is 9.78 Å². The highest BCUT2D eigenvalue weighted by molar-refractivity contribution is 5.36. The number of benzene rings is 1. The number of halogens is 1. The third-order valence-corrected chi connectivity index (χ3v) is 2.21. The second-order valence-corrected chi connectivity index (χ2v) is 3.34. The molecular weight excluding hydrogens is 195 g/mol. The summed E-state index contributed by atoms with van der Waals surface area (Å²) >= 11 is 0. The van der Waals surface area contributed by atoms with Gasteiger partial charge in [0, 0.05) is 12.4 Å². The largest absolute Gasteiger partial charge is 0.389 e. The smallest absolute Gasteiger partial charge is 0.149 e. The minimum atomic E-state index is -0.661. The fourth-order valence-corrected chi connectivity index (χ4v) is 1.38. The Bertz CT molecular complexity index is 452. The Morgan fingerprint density at radius 2 is 2.27 bits per heavy atom. The first-order valence-electron chi connectivity index (χ1n) is 4.66. The predicted octanol–water partition coefficient (Wildman–Crippen LogP) is 2.06. The van der Waals surface area contributed by atoms with Gasteiger partial charge in [0.05, 0.1) is 6.10 Å². The topological polar surface area (TPSA) is 38.0 Å². The molecule has 1 atom stereocenters. The third kappa shape index (κ3) is 1.89. The summed E-state index contributed by atoms with van der Waals surface area (Å²) < 4.78 is 15.0. The van der Waals surface area contributed by atoms with Crippen LogP contribution in [-0.2, 0) is 0 Å². The molecular formula is C11H11FN2O. The van der Waals surface area contributed by atoms with Crippen LogP contribution in [-0.4, -0.2) is 14.9 Å². The molecule has 0 saturated heterocycles. The van der Waals surface area contributed by atoms with Crippen molar-refractivity contribution in [3.8, 4) is 5.69 Å². The maximum Gasteiger partial charge on any atom is 0.149 e. The Balaban J connectivity index is 2.44. The Hall–Kier alpha value is -1.68. The lowest BCUT2D eigenvalue weighted by molar-refractivity contribution is 0.199. The number of hydrogen-bond donors (Lipinski definition) is 1. The minimum Gasteiger partial charge on any atom is -0.389 e. The molecule has 3 nitrogen and oxygen atoms in total. The van der Waals surface area contributed by atoms with Crippen molar-refractivity contribution >= 4 is 0 Å². The standard InChI is InChI=1S/C11H11FN2O/c1-8(15)9-3-4-11(10(12)7-9)14-6-2-5-13-14/h2-8,15H,1H3. The van der Waals surface area contributed by atoms with E-state index in [-0.39, 0.29) is 0 Å². The summed E-state index contributed by atoms with van der Waals surface area (Å²) in [7, 11) is 0. The van der Waals surface area contributed by atoms with E-state index in [1.54, 1.807) is 37.5 Å². The number of nitrogens with zero attached hydrogens (tertiary/aromatic N) is 2. The van der Waals surface area contributed by atoms with Crippen LogP contribution in [0, 0.1) is 5.82 Å². The van der Waals surface area contributed by atoms with Crippen molar-refractivity contribution in [3.63, 3.8) is 0 Å². The van der Waals surface area contributed by atoms with Gasteiger partial charge in [-0.1, -0.05) is 6.07 Å². The molecule has 0 aliphatic rings. The van der Waals surface area contributed by atoms with Crippen molar-refractivity contribution in [3.05, 3.63) is 48.0 Å². The van der Waals surface area contributed by atoms with Crippen LogP contribution in [0.5, 0.6) is 0 Å². The lowest BCUT2D eigenvalue weighted by Crippen LogP contribution is -2.00. The van der Waals surface area contributed by atoms with Crippen molar-refractivity contribution in [2.45, 2.75) is 13.0 Å². The molecule has 0 spiro atoms. The molecule has 0 bridgehead atoms. The summed E-state index contributed by atoms with van der Waals surface area (Å²) in [5.74, 6) is -0.392. The van der Waals surface area contributed by atoms with Gasteiger partial charge in [-0.05, 0) is 30.7 Å². The van der Waals surface area contributed by atoms with E-state index in [0.29, 0.717) is 11.3 Å². The van der Waals surface area contributed by atoms with Gasteiger partial charge in [0.2, 0.25) is 0 Å². The van der Waals surface area contributed by atoms with Crippen LogP contribution < -0.4 is 0 Å². The van der Waals surface area contributed by atoms with E-state index < -0.39 is 11.9 Å². The zero-order chi connectivity index (χ0) is 10.8. The summed E-state index contributed by atoms with van der Waals surface area (Å²) in [6.45, 7) is 1.60. The number of aromatic nitrogens is 2. The number of hydrogen-bond acceptors (Lipinski definition) is 2. The van der Waals surface area contributed by atoms with Crippen molar-refractivity contribution < 1.29 is 9.50 Å². The Kier molecular flexibility index (Phi) is 2.51. The summed E-state index contributed by atoms with van der Waals surface area (Å²) in [4.78, 5) is 0. The van der Waals surface area contributed by atoms with Gasteiger partial charge in [-0.25, -0.2) is 9.07 Å². The first kappa shape index (κ1) is 9.86. The Morgan fingerprint density at radius 3 is 2.80 bits per heavy atom. The lowest BCUT2D eigenvalue weighted by Gasteiger charge is -2.07. The molecule has 0 saturated carbocycles. The monoisotopic (exact) mass is 206 g/mol. The van der Waals surface area contributed by atoms with E-state index in [9.17, 15) is 9.50 Å². The van der Waals surface area contributed by atoms with Crippen LogP contribution in [0.1, 0.15) is 18.6 Å². The van der Waals surface area contributed by atoms with Crippen molar-refractivity contribution in [2.24, 2.45) is 0 Å². The van der Waals surface area contributed by atoms with Crippen LogP contribution in [0.4, 0.5) is 4.39 Å². The summed E-state index contributed by atoms with van der Waals surface area (Å²) in [6, 6.07) is 6.33. The molecule has 1 heterocycles. The molecule has 78 valence electrons. The van der Waals surface area contributed by atoms with E-state index in [2.05, 4.69) is 5.10 Å². The van der Waals surface area contributed by atoms with Gasteiger partial charge < -0.3 is 5.11 Å². The SMILES string of the molecule is CC(O)c1ccc(-n2cccn2)c(F)c1. The summed E-state index contributed by atoms with van der Waals surface area (Å²) in [5.41, 5.74) is 0.938. The molecule has 15 heavy (non-hydrogen) atoms. The third-order valence-electron chi connectivity index (χ3n) is 2.21. The van der Waals surface area contributed by atoms with Gasteiger partial charge in [-0.15, -0.1) is 0 Å². The van der Waals surface area contributed by atoms with E-state index in [1.807, 2.05) is 0 Å². The highest BCUT2D eigenvalue weighted by Crippen LogP contribution is 2.18. The van der Waals surface area contributed by atoms with Crippen molar-refractivity contribution in [1.29, 1.82) is 0 Å². The predicted molar refractivity (Wildman–Crippen MR) is 54.2 cm³/mol. The van der Waals surface area contributed by atoms with Gasteiger partial charge in [0.25, 0.3) is 0 Å². The zero-order valence-electron chi connectivity index (χ0n) is 8.26. The van der Waals surface area contributed by atoms with Crippen LogP contribution in [0.2, 0.25) is 0 Å². The lowest BCUT2D eigenvalue weighted by atomic mass is 10.1. The van der Waals surface area contributed by atoms with E-state index in [0.717, 1.165) is 0 Å². The fourth-order valence-electron chi connectivity index (χ4n) is 1.38. The van der Waals surface area contributed by atoms with Gasteiger partial charge in [0.15, 0.2) is 0 Å². The Labute approximate surface area is 86.8 Å². The number of aliphatic hydroxyl groups excluding tert-OH is 1. The second-order valence-electron chi connectivity index (χ2n) is 3.34. The average molecular weight is 206 g/mol. The molecule has 1 N–H and O–H groups in total. The van der Waals surface area contributed by atoms with Crippen LogP contribution in [0.3, 0.4) is 0 Å². The van der Waals surface area contributed by atoms with Crippen LogP contribution in [0.15, 0.2) is 36.7 Å². The summed E-state index contributed by atoms with van der Waals surface area (Å²) in [5, 5.41) is 13.2. The van der Waals surface area contributed by atoms with E-state index >= 15 is 0 Å². The fraction of sp³-hybridized carbons (Fsp3) is 0.182. The molecule has 0 radical (unpaired) electrons. The van der Waals surface area contributed by atoms with Gasteiger partial charge in [0.1, 0.15) is 11.5 Å². The quantitative estimate of drug-likeness (QED) is 0.816. The van der Waals surface area contributed by atoms with Crippen LogP contribution in [0.25, 0.3) is 5.69 Å². The first-order chi connectivity index (χ1) is 7.18. The van der Waals surface area contributed by atoms with Gasteiger partial charge >= 0.3 is 0 Å². The van der Waals surface area contributed by atoms with E-state index in [4.69, 9.17) is 0 Å². The summed E-state index contributed by atoms with van der Waals surface area (Å²) in [6.07, 6.45) is 2.59. The molecule has 4 heteroatoms. The molecule has 1 aromatic heterocycles. The number of aliphatic hydroxyl groups is 1. The van der Waals surface area contributed by atoms with Gasteiger partial charge in [-0.3, -0.25) is 0 Å². The second kappa shape index (κ2) is 3.82. The molecule has 0 aliphatic carbocycles. The highest BCUT2D eigenvalue weighted by Gasteiger charge is 2.08. The average Bonchev–Trinajstić information content (AvgIpc) is 2.70. The normalized spacial score (nSPS) is 12.7. The highest BCUT2D eigenvalue weighted by atomic mass is 19.1. The zero-order valence-corrected chi connectivity index (χ0v) is 8.26. The maximum absolute atomic E-state index is 13.6. The van der Waals surface area contributed by atoms with Gasteiger partial charge in [-0.2, -0.15) is 5.10 Å². The molecule has 1 unspecified atom stereocenters. The molecule has 2 rings (SSSR count). The Morgan fingerprint density at radius 1 is 1.47 bits per heavy atom. The first-order valence-corrected chi connectivity index (χ1v) is 4.66. The molecule has 2 aromatic rings. The molecule has 0 amide bonds.